The molecule has 0 saturated heterocycles. The van der Waals surface area contributed by atoms with E-state index in [0.29, 0.717) is 5.56 Å². The van der Waals surface area contributed by atoms with Crippen molar-refractivity contribution in [1.82, 2.24) is 4.74 Å². The summed E-state index contributed by atoms with van der Waals surface area (Å²) in [5.74, 6) is 0. The van der Waals surface area contributed by atoms with Gasteiger partial charge in [0.1, 0.15) is 6.26 Å². The Labute approximate surface area is 46.5 Å². The van der Waals surface area contributed by atoms with Gasteiger partial charge in [0.05, 0.1) is 5.56 Å². The first-order chi connectivity index (χ1) is 3.72. The van der Waals surface area contributed by atoms with Crippen molar-refractivity contribution in [3.63, 3.8) is 0 Å². The molecule has 0 aliphatic rings. The highest BCUT2D eigenvalue weighted by Gasteiger charge is 1.95. The molecule has 8 heavy (non-hydrogen) atoms. The molecule has 0 N–H and O–H groups in total. The van der Waals surface area contributed by atoms with Crippen LogP contribution in [0.1, 0.15) is 5.56 Å². The van der Waals surface area contributed by atoms with E-state index in [1.54, 1.807) is 14.0 Å². The second kappa shape index (κ2) is 1.51. The summed E-state index contributed by atoms with van der Waals surface area (Å²) in [6, 6.07) is 0. The Morgan fingerprint density at radius 3 is 2.50 bits per heavy atom. The van der Waals surface area contributed by atoms with Crippen molar-refractivity contribution >= 4 is 0 Å². The molecule has 1 aromatic rings. The van der Waals surface area contributed by atoms with Crippen LogP contribution >= 0.6 is 0 Å². The van der Waals surface area contributed by atoms with Crippen LogP contribution in [0, 0.1) is 6.92 Å². The summed E-state index contributed by atoms with van der Waals surface area (Å²) < 4.78 is 5.89. The number of rotatable bonds is 0. The van der Waals surface area contributed by atoms with Crippen molar-refractivity contribution in [3.05, 3.63) is 22.2 Å². The van der Waals surface area contributed by atoms with Crippen LogP contribution < -0.4 is 5.56 Å². The predicted molar refractivity (Wildman–Crippen MR) is 28.7 cm³/mol. The van der Waals surface area contributed by atoms with Crippen LogP contribution in [0.3, 0.4) is 0 Å². The molecule has 0 fully saturated rings. The largest absolute Gasteiger partial charge is 0.384 e. The molecular weight excluding hydrogens is 106 g/mol. The summed E-state index contributed by atoms with van der Waals surface area (Å²) in [5, 5.41) is 0. The van der Waals surface area contributed by atoms with E-state index in [0.717, 1.165) is 0 Å². The predicted octanol–water partition coefficient (Wildman–Crippen LogP) is 0.287. The maximum Gasteiger partial charge on any atom is 0.285 e. The van der Waals surface area contributed by atoms with Crippen LogP contribution in [0.15, 0.2) is 15.6 Å². The summed E-state index contributed by atoms with van der Waals surface area (Å²) in [4.78, 5) is 10.6. The van der Waals surface area contributed by atoms with Crippen molar-refractivity contribution in [3.8, 4) is 0 Å². The van der Waals surface area contributed by atoms with Crippen LogP contribution in [0.2, 0.25) is 0 Å². The van der Waals surface area contributed by atoms with Crippen molar-refractivity contribution in [2.24, 2.45) is 7.05 Å². The van der Waals surface area contributed by atoms with E-state index in [9.17, 15) is 4.79 Å². The second-order valence-electron chi connectivity index (χ2n) is 1.71. The number of nitrogens with zero attached hydrogens (tertiary/aromatic N) is 1. The maximum atomic E-state index is 10.6. The summed E-state index contributed by atoms with van der Waals surface area (Å²) in [5.41, 5.74) is 0.581. The van der Waals surface area contributed by atoms with Gasteiger partial charge in [-0.3, -0.25) is 4.79 Å². The topological polar surface area (TPSA) is 35.1 Å². The first kappa shape index (κ1) is 5.15. The molecule has 0 unspecified atom stereocenters. The van der Waals surface area contributed by atoms with E-state index >= 15 is 0 Å². The summed E-state index contributed by atoms with van der Waals surface area (Å²) >= 11 is 0. The van der Waals surface area contributed by atoms with Gasteiger partial charge in [-0.1, -0.05) is 0 Å². The molecule has 0 radical (unpaired) electrons. The van der Waals surface area contributed by atoms with Gasteiger partial charge in [-0.25, -0.2) is 0 Å². The van der Waals surface area contributed by atoms with E-state index < -0.39 is 0 Å². The normalized spacial score (nSPS) is 9.75. The molecule has 0 saturated carbocycles. The molecular formula is C5H7NO2. The standard InChI is InChI=1S/C5H7NO2/c1-4-3-8-6(2)5(4)7/h3H,1-2H3. The van der Waals surface area contributed by atoms with E-state index in [-0.39, 0.29) is 5.56 Å². The quantitative estimate of drug-likeness (QED) is 0.484. The lowest BCUT2D eigenvalue weighted by Crippen LogP contribution is -2.10. The van der Waals surface area contributed by atoms with Crippen LogP contribution in [0.4, 0.5) is 0 Å². The average Bonchev–Trinajstić information content (AvgIpc) is 1.98. The average molecular weight is 113 g/mol. The van der Waals surface area contributed by atoms with E-state index in [1.165, 1.54) is 11.0 Å². The second-order valence-corrected chi connectivity index (χ2v) is 1.71. The zero-order chi connectivity index (χ0) is 6.15. The fourth-order valence-electron chi connectivity index (χ4n) is 0.505. The van der Waals surface area contributed by atoms with Gasteiger partial charge in [-0.2, -0.15) is 4.74 Å². The van der Waals surface area contributed by atoms with Crippen LogP contribution in [0.5, 0.6) is 0 Å². The first-order valence-corrected chi connectivity index (χ1v) is 2.33. The SMILES string of the molecule is Cc1con(C)c1=O. The Bertz CT molecular complexity index is 210. The van der Waals surface area contributed by atoms with E-state index in [4.69, 9.17) is 4.52 Å². The molecule has 44 valence electrons. The Hall–Kier alpha value is -0.990. The molecule has 0 bridgehead atoms. The highest BCUT2D eigenvalue weighted by atomic mass is 16.5. The Kier molecular flexibility index (Phi) is 0.970. The lowest BCUT2D eigenvalue weighted by atomic mass is 10.4. The molecule has 0 amide bonds. The monoisotopic (exact) mass is 113 g/mol. The number of hydrogen-bond donors (Lipinski definition) is 0. The zero-order valence-corrected chi connectivity index (χ0v) is 4.84. The van der Waals surface area contributed by atoms with Gasteiger partial charge in [-0.15, -0.1) is 0 Å². The van der Waals surface area contributed by atoms with Crippen LogP contribution in [-0.2, 0) is 7.05 Å². The molecule has 0 aromatic carbocycles. The lowest BCUT2D eigenvalue weighted by Gasteiger charge is -1.78. The molecule has 3 heteroatoms. The Morgan fingerprint density at radius 2 is 2.38 bits per heavy atom. The molecule has 1 rings (SSSR count). The third-order valence-electron chi connectivity index (χ3n) is 1.01. The van der Waals surface area contributed by atoms with Crippen molar-refractivity contribution in [2.75, 3.05) is 0 Å². The highest BCUT2D eigenvalue weighted by Crippen LogP contribution is 1.84. The minimum Gasteiger partial charge on any atom is -0.384 e. The summed E-state index contributed by atoms with van der Waals surface area (Å²) in [7, 11) is 1.58. The Balaban J connectivity index is 3.42. The summed E-state index contributed by atoms with van der Waals surface area (Å²) in [6.07, 6.45) is 1.43. The molecule has 1 heterocycles. The number of hydrogen-bond acceptors (Lipinski definition) is 2. The van der Waals surface area contributed by atoms with E-state index in [2.05, 4.69) is 0 Å². The minimum atomic E-state index is -0.0648. The van der Waals surface area contributed by atoms with Crippen LogP contribution in [-0.4, -0.2) is 4.74 Å². The minimum absolute atomic E-state index is 0.0648. The lowest BCUT2D eigenvalue weighted by molar-refractivity contribution is 0.297. The number of aryl methyl sites for hydroxylation is 2. The molecule has 0 atom stereocenters. The number of aromatic nitrogens is 1. The van der Waals surface area contributed by atoms with Crippen molar-refractivity contribution in [2.45, 2.75) is 6.92 Å². The fourth-order valence-corrected chi connectivity index (χ4v) is 0.505. The van der Waals surface area contributed by atoms with Crippen molar-refractivity contribution < 1.29 is 4.52 Å². The molecule has 3 nitrogen and oxygen atoms in total. The third-order valence-corrected chi connectivity index (χ3v) is 1.01. The van der Waals surface area contributed by atoms with Gasteiger partial charge in [0.25, 0.3) is 5.56 Å². The van der Waals surface area contributed by atoms with Gasteiger partial charge < -0.3 is 4.52 Å². The third kappa shape index (κ3) is 0.559. The molecule has 0 aliphatic heterocycles. The van der Waals surface area contributed by atoms with Crippen molar-refractivity contribution in [1.29, 1.82) is 0 Å². The zero-order valence-electron chi connectivity index (χ0n) is 4.84. The highest BCUT2D eigenvalue weighted by molar-refractivity contribution is 4.96. The van der Waals surface area contributed by atoms with Crippen LogP contribution in [0.25, 0.3) is 0 Å². The molecule has 1 aromatic heterocycles. The van der Waals surface area contributed by atoms with Gasteiger partial charge in [-0.05, 0) is 6.92 Å². The van der Waals surface area contributed by atoms with Gasteiger partial charge in [0.2, 0.25) is 0 Å². The van der Waals surface area contributed by atoms with Gasteiger partial charge in [0.15, 0.2) is 0 Å². The van der Waals surface area contributed by atoms with E-state index in [1.807, 2.05) is 0 Å². The smallest absolute Gasteiger partial charge is 0.285 e. The Morgan fingerprint density at radius 1 is 1.75 bits per heavy atom. The van der Waals surface area contributed by atoms with Gasteiger partial charge in [0, 0.05) is 7.05 Å². The summed E-state index contributed by atoms with van der Waals surface area (Å²) in [6.45, 7) is 1.71. The molecule has 0 spiro atoms. The first-order valence-electron chi connectivity index (χ1n) is 2.33. The maximum absolute atomic E-state index is 10.6. The van der Waals surface area contributed by atoms with Gasteiger partial charge >= 0.3 is 0 Å². The molecule has 0 aliphatic carbocycles. The fraction of sp³-hybridized carbons (Fsp3) is 0.400.